The summed E-state index contributed by atoms with van der Waals surface area (Å²) >= 11 is 1.61. The minimum absolute atomic E-state index is 0.134. The van der Waals surface area contributed by atoms with Gasteiger partial charge in [0.15, 0.2) is 0 Å². The highest BCUT2D eigenvalue weighted by molar-refractivity contribution is 7.99. The Balaban J connectivity index is 1.58. The molecular weight excluding hydrogens is 310 g/mol. The molecule has 0 saturated heterocycles. The van der Waals surface area contributed by atoms with Crippen molar-refractivity contribution in [3.63, 3.8) is 0 Å². The summed E-state index contributed by atoms with van der Waals surface area (Å²) in [6.45, 7) is 0.570. The van der Waals surface area contributed by atoms with Crippen molar-refractivity contribution < 1.29 is 9.53 Å². The normalized spacial score (nSPS) is 12.7. The van der Waals surface area contributed by atoms with Crippen molar-refractivity contribution in [2.24, 2.45) is 0 Å². The van der Waals surface area contributed by atoms with Gasteiger partial charge < -0.3 is 10.1 Å². The van der Waals surface area contributed by atoms with Crippen LogP contribution in [-0.2, 0) is 12.8 Å². The number of aryl methyl sites for hydroxylation is 2. The van der Waals surface area contributed by atoms with Gasteiger partial charge in [-0.15, -0.1) is 11.8 Å². The van der Waals surface area contributed by atoms with E-state index in [4.69, 9.17) is 4.74 Å². The minimum atomic E-state index is -0.134. The van der Waals surface area contributed by atoms with E-state index in [1.165, 1.54) is 5.56 Å². The van der Waals surface area contributed by atoms with Crippen molar-refractivity contribution in [2.75, 3.05) is 19.4 Å². The van der Waals surface area contributed by atoms with Gasteiger partial charge in [-0.2, -0.15) is 0 Å². The summed E-state index contributed by atoms with van der Waals surface area (Å²) in [6, 6.07) is 7.73. The monoisotopic (exact) mass is 329 g/mol. The molecule has 1 N–H and O–H groups in total. The van der Waals surface area contributed by atoms with E-state index in [1.807, 2.05) is 24.3 Å². The minimum Gasteiger partial charge on any atom is -0.480 e. The predicted molar refractivity (Wildman–Crippen MR) is 90.1 cm³/mol. The fourth-order valence-electron chi connectivity index (χ4n) is 2.62. The number of fused-ring (bicyclic) bond motifs is 1. The van der Waals surface area contributed by atoms with Gasteiger partial charge in [-0.1, -0.05) is 6.07 Å². The van der Waals surface area contributed by atoms with Gasteiger partial charge in [-0.05, 0) is 43.0 Å². The van der Waals surface area contributed by atoms with Gasteiger partial charge in [0.1, 0.15) is 5.56 Å². The molecule has 0 radical (unpaired) electrons. The van der Waals surface area contributed by atoms with Gasteiger partial charge in [-0.3, -0.25) is 4.79 Å². The third-order valence-electron chi connectivity index (χ3n) is 3.73. The Morgan fingerprint density at radius 3 is 3.09 bits per heavy atom. The first kappa shape index (κ1) is 15.8. The third-order valence-corrected chi connectivity index (χ3v) is 4.67. The summed E-state index contributed by atoms with van der Waals surface area (Å²) in [5, 5.41) is 3.88. The third kappa shape index (κ3) is 3.82. The maximum Gasteiger partial charge on any atom is 0.256 e. The molecule has 2 aromatic heterocycles. The summed E-state index contributed by atoms with van der Waals surface area (Å²) in [5.41, 5.74) is 2.75. The summed E-state index contributed by atoms with van der Waals surface area (Å²) in [4.78, 5) is 21.1. The summed E-state index contributed by atoms with van der Waals surface area (Å²) in [5.74, 6) is 1.05. The van der Waals surface area contributed by atoms with Crippen LogP contribution >= 0.6 is 11.8 Å². The van der Waals surface area contributed by atoms with Crippen LogP contribution in [0.3, 0.4) is 0 Å². The number of thioether (sulfide) groups is 1. The number of methoxy groups -OCH3 is 1. The van der Waals surface area contributed by atoms with Crippen molar-refractivity contribution in [1.29, 1.82) is 0 Å². The lowest BCUT2D eigenvalue weighted by Gasteiger charge is -2.10. The van der Waals surface area contributed by atoms with Crippen molar-refractivity contribution in [3.05, 3.63) is 47.3 Å². The molecule has 3 rings (SSSR count). The van der Waals surface area contributed by atoms with Gasteiger partial charge >= 0.3 is 0 Å². The van der Waals surface area contributed by atoms with Gasteiger partial charge in [0, 0.05) is 24.2 Å². The van der Waals surface area contributed by atoms with Crippen molar-refractivity contribution in [2.45, 2.75) is 24.3 Å². The molecule has 0 atom stereocenters. The molecule has 5 nitrogen and oxygen atoms in total. The molecule has 0 aliphatic heterocycles. The van der Waals surface area contributed by atoms with Crippen LogP contribution in [0.15, 0.2) is 35.5 Å². The average Bonchev–Trinajstić information content (AvgIpc) is 3.05. The zero-order valence-electron chi connectivity index (χ0n) is 13.0. The summed E-state index contributed by atoms with van der Waals surface area (Å²) in [7, 11) is 1.55. The fourth-order valence-corrected chi connectivity index (χ4v) is 3.34. The van der Waals surface area contributed by atoms with E-state index in [-0.39, 0.29) is 5.91 Å². The lowest BCUT2D eigenvalue weighted by Crippen LogP contribution is -2.26. The summed E-state index contributed by atoms with van der Waals surface area (Å²) < 4.78 is 5.28. The van der Waals surface area contributed by atoms with Crippen molar-refractivity contribution >= 4 is 17.7 Å². The van der Waals surface area contributed by atoms with E-state index >= 15 is 0 Å². The molecule has 0 saturated carbocycles. The van der Waals surface area contributed by atoms with E-state index in [9.17, 15) is 4.79 Å². The molecule has 0 unspecified atom stereocenters. The van der Waals surface area contributed by atoms with Crippen LogP contribution in [0.25, 0.3) is 0 Å². The molecular formula is C17H19N3O2S. The topological polar surface area (TPSA) is 64.1 Å². The lowest BCUT2D eigenvalue weighted by molar-refractivity contribution is 0.0952. The van der Waals surface area contributed by atoms with Crippen LogP contribution < -0.4 is 10.1 Å². The first-order valence-electron chi connectivity index (χ1n) is 7.67. The molecule has 1 aliphatic carbocycles. The molecule has 1 amide bonds. The number of pyridine rings is 2. The summed E-state index contributed by atoms with van der Waals surface area (Å²) in [6.07, 6.45) is 4.82. The fraction of sp³-hybridized carbons (Fsp3) is 0.353. The van der Waals surface area contributed by atoms with Gasteiger partial charge in [-0.25, -0.2) is 9.97 Å². The second-order valence-corrected chi connectivity index (χ2v) is 6.39. The Morgan fingerprint density at radius 1 is 1.39 bits per heavy atom. The highest BCUT2D eigenvalue weighted by Crippen LogP contribution is 2.26. The van der Waals surface area contributed by atoms with Gasteiger partial charge in [0.05, 0.1) is 12.1 Å². The molecule has 23 heavy (non-hydrogen) atoms. The molecule has 0 spiro atoms. The van der Waals surface area contributed by atoms with Crippen LogP contribution in [0.5, 0.6) is 5.88 Å². The van der Waals surface area contributed by atoms with Crippen LogP contribution in [0, 0.1) is 0 Å². The van der Waals surface area contributed by atoms with Crippen LogP contribution in [-0.4, -0.2) is 35.3 Å². The Hall–Kier alpha value is -2.08. The van der Waals surface area contributed by atoms with Gasteiger partial charge in [0.2, 0.25) is 5.88 Å². The highest BCUT2D eigenvalue weighted by atomic mass is 32.2. The zero-order valence-corrected chi connectivity index (χ0v) is 13.9. The molecule has 0 bridgehead atoms. The number of carbonyl (C=O) groups is 1. The number of nitrogens with zero attached hydrogens (tertiary/aromatic N) is 2. The molecule has 0 fully saturated rings. The number of amides is 1. The van der Waals surface area contributed by atoms with Crippen molar-refractivity contribution in [1.82, 2.24) is 15.3 Å². The van der Waals surface area contributed by atoms with E-state index in [0.717, 1.165) is 35.7 Å². The molecule has 6 heteroatoms. The average molecular weight is 329 g/mol. The van der Waals surface area contributed by atoms with Crippen LogP contribution in [0.1, 0.15) is 28.0 Å². The highest BCUT2D eigenvalue weighted by Gasteiger charge is 2.20. The number of hydrogen-bond acceptors (Lipinski definition) is 5. The van der Waals surface area contributed by atoms with Gasteiger partial charge in [0.25, 0.3) is 5.91 Å². The maximum atomic E-state index is 12.4. The molecule has 2 aromatic rings. The van der Waals surface area contributed by atoms with Crippen LogP contribution in [0.4, 0.5) is 0 Å². The number of ether oxygens (including phenoxy) is 1. The lowest BCUT2D eigenvalue weighted by atomic mass is 10.1. The second-order valence-electron chi connectivity index (χ2n) is 5.28. The molecule has 2 heterocycles. The second kappa shape index (κ2) is 7.46. The number of carbonyl (C=O) groups excluding carboxylic acids is 1. The smallest absolute Gasteiger partial charge is 0.256 e. The standard InChI is InChI=1S/C17H19N3O2S/c1-22-17-13(11-12-5-4-6-14(12)20-17)16(21)19-9-10-23-15-7-2-3-8-18-15/h2-3,7-8,11H,4-6,9-10H2,1H3,(H,19,21). The predicted octanol–water partition coefficient (Wildman–Crippen LogP) is 2.50. The molecule has 0 aromatic carbocycles. The van der Waals surface area contributed by atoms with E-state index in [0.29, 0.717) is 18.0 Å². The first-order chi connectivity index (χ1) is 11.3. The largest absolute Gasteiger partial charge is 0.480 e. The first-order valence-corrected chi connectivity index (χ1v) is 8.65. The Labute approximate surface area is 139 Å². The van der Waals surface area contributed by atoms with Crippen LogP contribution in [0.2, 0.25) is 0 Å². The maximum absolute atomic E-state index is 12.4. The van der Waals surface area contributed by atoms with E-state index in [1.54, 1.807) is 25.1 Å². The SMILES string of the molecule is COc1nc2c(cc1C(=O)NCCSc1ccccn1)CCC2. The zero-order chi connectivity index (χ0) is 16.1. The number of aromatic nitrogens is 2. The molecule has 1 aliphatic rings. The van der Waals surface area contributed by atoms with E-state index < -0.39 is 0 Å². The number of nitrogens with one attached hydrogen (secondary N) is 1. The number of hydrogen-bond donors (Lipinski definition) is 1. The Kier molecular flexibility index (Phi) is 5.12. The number of rotatable bonds is 6. The Bertz CT molecular complexity index is 692. The van der Waals surface area contributed by atoms with E-state index in [2.05, 4.69) is 15.3 Å². The molecule has 120 valence electrons. The van der Waals surface area contributed by atoms with Crippen molar-refractivity contribution in [3.8, 4) is 5.88 Å². The quantitative estimate of drug-likeness (QED) is 0.651. The Morgan fingerprint density at radius 2 is 2.30 bits per heavy atom.